The highest BCUT2D eigenvalue weighted by atomic mass is 35.5. The molecule has 26 heavy (non-hydrogen) atoms. The molecule has 1 aromatic heterocycles. The Morgan fingerprint density at radius 3 is 2.54 bits per heavy atom. The molecular weight excluding hydrogens is 352 g/mol. The molecule has 0 N–H and O–H groups in total. The van der Waals surface area contributed by atoms with E-state index in [9.17, 15) is 9.59 Å². The molecule has 0 aliphatic carbocycles. The number of rotatable bonds is 5. The summed E-state index contributed by atoms with van der Waals surface area (Å²) in [6.07, 6.45) is 3.11. The summed E-state index contributed by atoms with van der Waals surface area (Å²) in [7, 11) is 0. The maximum absolute atomic E-state index is 12.7. The van der Waals surface area contributed by atoms with Crippen molar-refractivity contribution in [3.63, 3.8) is 0 Å². The lowest BCUT2D eigenvalue weighted by molar-refractivity contribution is 0.0526. The summed E-state index contributed by atoms with van der Waals surface area (Å²) in [6, 6.07) is 10.5. The molecule has 0 bridgehead atoms. The molecule has 2 heterocycles. The van der Waals surface area contributed by atoms with E-state index in [1.807, 2.05) is 0 Å². The highest BCUT2D eigenvalue weighted by Gasteiger charge is 2.28. The van der Waals surface area contributed by atoms with Gasteiger partial charge in [-0.25, -0.2) is 9.78 Å². The van der Waals surface area contributed by atoms with E-state index < -0.39 is 0 Å². The average molecular weight is 373 g/mol. The molecule has 1 aliphatic rings. The molecule has 3 rings (SSSR count). The third-order valence-corrected chi connectivity index (χ3v) is 4.83. The Kier molecular flexibility index (Phi) is 5.89. The number of piperidine rings is 1. The molecule has 2 aromatic rings. The van der Waals surface area contributed by atoms with Gasteiger partial charge in [-0.05, 0) is 56.2 Å². The first-order chi connectivity index (χ1) is 12.6. The zero-order valence-electron chi connectivity index (χ0n) is 14.7. The van der Waals surface area contributed by atoms with E-state index in [4.69, 9.17) is 16.3 Å². The monoisotopic (exact) mass is 372 g/mol. The second kappa shape index (κ2) is 8.32. The second-order valence-electron chi connectivity index (χ2n) is 6.23. The van der Waals surface area contributed by atoms with Gasteiger partial charge in [-0.3, -0.25) is 4.79 Å². The Bertz CT molecular complexity index is 784. The molecule has 0 spiro atoms. The van der Waals surface area contributed by atoms with E-state index in [-0.39, 0.29) is 17.7 Å². The van der Waals surface area contributed by atoms with Gasteiger partial charge in [-0.2, -0.15) is 0 Å². The van der Waals surface area contributed by atoms with Crippen molar-refractivity contribution in [2.24, 2.45) is 5.92 Å². The van der Waals surface area contributed by atoms with Crippen molar-refractivity contribution < 1.29 is 14.3 Å². The summed E-state index contributed by atoms with van der Waals surface area (Å²) in [5.41, 5.74) is 1.16. The SMILES string of the molecule is CCOC(=O)c1cccnc1N1CCC(C(=O)c2ccc(Cl)cc2)CC1. The van der Waals surface area contributed by atoms with Crippen molar-refractivity contribution in [1.29, 1.82) is 0 Å². The minimum absolute atomic E-state index is 0.0258. The zero-order valence-corrected chi connectivity index (χ0v) is 15.4. The maximum Gasteiger partial charge on any atom is 0.341 e. The van der Waals surface area contributed by atoms with Gasteiger partial charge in [0.1, 0.15) is 11.4 Å². The second-order valence-corrected chi connectivity index (χ2v) is 6.66. The molecule has 0 saturated carbocycles. The lowest BCUT2D eigenvalue weighted by Gasteiger charge is -2.33. The van der Waals surface area contributed by atoms with Crippen LogP contribution in [0.1, 0.15) is 40.5 Å². The molecule has 1 saturated heterocycles. The summed E-state index contributed by atoms with van der Waals surface area (Å²) >= 11 is 5.89. The molecule has 0 atom stereocenters. The van der Waals surface area contributed by atoms with Crippen LogP contribution in [0.25, 0.3) is 0 Å². The van der Waals surface area contributed by atoms with Crippen LogP contribution in [0.3, 0.4) is 0 Å². The normalized spacial score (nSPS) is 14.9. The highest BCUT2D eigenvalue weighted by Crippen LogP contribution is 2.27. The van der Waals surface area contributed by atoms with Crippen molar-refractivity contribution in [2.75, 3.05) is 24.6 Å². The topological polar surface area (TPSA) is 59.5 Å². The Morgan fingerprint density at radius 2 is 1.88 bits per heavy atom. The first-order valence-corrected chi connectivity index (χ1v) is 9.14. The van der Waals surface area contributed by atoms with Gasteiger partial charge in [0.15, 0.2) is 5.78 Å². The smallest absolute Gasteiger partial charge is 0.341 e. The van der Waals surface area contributed by atoms with Crippen molar-refractivity contribution in [3.05, 3.63) is 58.7 Å². The first-order valence-electron chi connectivity index (χ1n) is 8.77. The van der Waals surface area contributed by atoms with E-state index in [0.717, 1.165) is 12.8 Å². The first kappa shape index (κ1) is 18.4. The number of pyridine rings is 1. The van der Waals surface area contributed by atoms with Gasteiger partial charge in [0.25, 0.3) is 0 Å². The Hall–Kier alpha value is -2.40. The maximum atomic E-state index is 12.7. The van der Waals surface area contributed by atoms with Gasteiger partial charge >= 0.3 is 5.97 Å². The van der Waals surface area contributed by atoms with Gasteiger partial charge in [0.2, 0.25) is 0 Å². The minimum Gasteiger partial charge on any atom is -0.462 e. The summed E-state index contributed by atoms with van der Waals surface area (Å²) in [5, 5.41) is 0.623. The summed E-state index contributed by atoms with van der Waals surface area (Å²) in [5.74, 6) is 0.383. The largest absolute Gasteiger partial charge is 0.462 e. The molecule has 1 aliphatic heterocycles. The molecule has 0 radical (unpaired) electrons. The third-order valence-electron chi connectivity index (χ3n) is 4.58. The number of carbonyl (C=O) groups excluding carboxylic acids is 2. The van der Waals surface area contributed by atoms with Gasteiger partial charge in [0, 0.05) is 35.8 Å². The van der Waals surface area contributed by atoms with Gasteiger partial charge in [-0.15, -0.1) is 0 Å². The molecule has 1 aromatic carbocycles. The Labute approximate surface area is 157 Å². The minimum atomic E-state index is -0.366. The highest BCUT2D eigenvalue weighted by molar-refractivity contribution is 6.30. The van der Waals surface area contributed by atoms with E-state index in [0.29, 0.717) is 41.7 Å². The molecule has 0 unspecified atom stereocenters. The average Bonchev–Trinajstić information content (AvgIpc) is 2.68. The lowest BCUT2D eigenvalue weighted by atomic mass is 9.89. The number of esters is 1. The number of ketones is 1. The van der Waals surface area contributed by atoms with Crippen LogP contribution in [0, 0.1) is 5.92 Å². The van der Waals surface area contributed by atoms with E-state index in [1.165, 1.54) is 0 Å². The summed E-state index contributed by atoms with van der Waals surface area (Å²) in [4.78, 5) is 31.2. The fourth-order valence-corrected chi connectivity index (χ4v) is 3.35. The number of halogens is 1. The van der Waals surface area contributed by atoms with Crippen molar-refractivity contribution >= 4 is 29.2 Å². The van der Waals surface area contributed by atoms with Crippen LogP contribution in [-0.2, 0) is 4.74 Å². The number of hydrogen-bond donors (Lipinski definition) is 0. The number of nitrogens with zero attached hydrogens (tertiary/aromatic N) is 2. The van der Waals surface area contributed by atoms with Crippen molar-refractivity contribution in [2.45, 2.75) is 19.8 Å². The third kappa shape index (κ3) is 4.05. The number of aromatic nitrogens is 1. The summed E-state index contributed by atoms with van der Waals surface area (Å²) < 4.78 is 5.12. The number of hydrogen-bond acceptors (Lipinski definition) is 5. The molecule has 0 amide bonds. The Morgan fingerprint density at radius 1 is 1.19 bits per heavy atom. The van der Waals surface area contributed by atoms with Crippen molar-refractivity contribution in [1.82, 2.24) is 4.98 Å². The van der Waals surface area contributed by atoms with E-state index in [1.54, 1.807) is 49.5 Å². The van der Waals surface area contributed by atoms with Crippen LogP contribution in [0.15, 0.2) is 42.6 Å². The fraction of sp³-hybridized carbons (Fsp3) is 0.350. The van der Waals surface area contributed by atoms with E-state index >= 15 is 0 Å². The summed E-state index contributed by atoms with van der Waals surface area (Å²) in [6.45, 7) is 3.45. The van der Waals surface area contributed by atoms with Crippen LogP contribution in [0.5, 0.6) is 0 Å². The number of carbonyl (C=O) groups is 2. The van der Waals surface area contributed by atoms with Gasteiger partial charge < -0.3 is 9.64 Å². The van der Waals surface area contributed by atoms with Crippen LogP contribution in [0.4, 0.5) is 5.82 Å². The molecule has 136 valence electrons. The van der Waals surface area contributed by atoms with Crippen LogP contribution in [0.2, 0.25) is 5.02 Å². The quantitative estimate of drug-likeness (QED) is 0.586. The fourth-order valence-electron chi connectivity index (χ4n) is 3.22. The standard InChI is InChI=1S/C20H21ClN2O3/c1-2-26-20(25)17-4-3-11-22-19(17)23-12-9-15(10-13-23)18(24)14-5-7-16(21)8-6-14/h3-8,11,15H,2,9-10,12-13H2,1H3. The Balaban J connectivity index is 1.68. The molecular formula is C20H21ClN2O3. The molecule has 1 fully saturated rings. The van der Waals surface area contributed by atoms with Gasteiger partial charge in [-0.1, -0.05) is 11.6 Å². The van der Waals surface area contributed by atoms with Crippen LogP contribution in [-0.4, -0.2) is 36.4 Å². The predicted octanol–water partition coefficient (Wildman–Crippen LogP) is 4.01. The molecule has 6 heteroatoms. The van der Waals surface area contributed by atoms with Crippen LogP contribution < -0.4 is 4.90 Å². The van der Waals surface area contributed by atoms with E-state index in [2.05, 4.69) is 9.88 Å². The lowest BCUT2D eigenvalue weighted by Crippen LogP contribution is -2.37. The van der Waals surface area contributed by atoms with Crippen LogP contribution >= 0.6 is 11.6 Å². The zero-order chi connectivity index (χ0) is 18.5. The molecule has 5 nitrogen and oxygen atoms in total. The predicted molar refractivity (Wildman–Crippen MR) is 101 cm³/mol. The number of benzene rings is 1. The van der Waals surface area contributed by atoms with Crippen molar-refractivity contribution in [3.8, 4) is 0 Å². The number of anilines is 1. The van der Waals surface area contributed by atoms with Gasteiger partial charge in [0.05, 0.1) is 6.61 Å². The number of ether oxygens (including phenoxy) is 1. The number of Topliss-reactive ketones (excluding diaryl/α,β-unsaturated/α-hetero) is 1.